The highest BCUT2D eigenvalue weighted by Gasteiger charge is 2.24. The first-order valence-corrected chi connectivity index (χ1v) is 11.0. The van der Waals surface area contributed by atoms with Crippen molar-refractivity contribution in [2.45, 2.75) is 33.6 Å². The van der Waals surface area contributed by atoms with Gasteiger partial charge in [0.15, 0.2) is 11.6 Å². The molecule has 1 amide bonds. The Morgan fingerprint density at radius 2 is 2.00 bits per heavy atom. The number of rotatable bonds is 11. The number of anilines is 1. The van der Waals surface area contributed by atoms with Gasteiger partial charge in [-0.25, -0.2) is 15.0 Å². The summed E-state index contributed by atoms with van der Waals surface area (Å²) in [6, 6.07) is 6.08. The van der Waals surface area contributed by atoms with Gasteiger partial charge < -0.3 is 14.5 Å². The largest absolute Gasteiger partial charge is 0.491 e. The van der Waals surface area contributed by atoms with Crippen molar-refractivity contribution in [3.05, 3.63) is 64.6 Å². The van der Waals surface area contributed by atoms with Crippen LogP contribution in [-0.4, -0.2) is 52.2 Å². The average Bonchev–Trinajstić information content (AvgIpc) is 3.32. The number of ether oxygens (including phenoxy) is 2. The van der Waals surface area contributed by atoms with Crippen molar-refractivity contribution in [3.8, 4) is 5.75 Å². The molecule has 8 nitrogen and oxygen atoms in total. The number of amides is 1. The Kier molecular flexibility index (Phi) is 8.58. The fraction of sp³-hybridized carbons (Fsp3) is 0.391. The maximum atomic E-state index is 13.0. The first-order valence-electron chi connectivity index (χ1n) is 10.6. The fourth-order valence-electron chi connectivity index (χ4n) is 3.16. The molecule has 0 unspecified atom stereocenters. The van der Waals surface area contributed by atoms with Gasteiger partial charge in [0.25, 0.3) is 5.91 Å². The summed E-state index contributed by atoms with van der Waals surface area (Å²) in [6.07, 6.45) is 6.37. The van der Waals surface area contributed by atoms with E-state index >= 15 is 0 Å². The molecule has 0 aliphatic rings. The lowest BCUT2D eigenvalue weighted by atomic mass is 10.1. The molecule has 3 rings (SSSR count). The number of H-pyrrole nitrogens is 1. The molecule has 1 N–H and O–H groups in total. The van der Waals surface area contributed by atoms with Crippen LogP contribution in [0.3, 0.4) is 0 Å². The SMILES string of the molecule is CCCOCCc1ccc(OCCN(C(=O)c2ncc[nH]2)c2ncnc(C)c2Cl)c(C)c1. The molecule has 2 heterocycles. The first kappa shape index (κ1) is 23.7. The molecular formula is C23H28ClN5O3. The molecule has 0 atom stereocenters. The van der Waals surface area contributed by atoms with Crippen LogP contribution in [0.4, 0.5) is 5.82 Å². The van der Waals surface area contributed by atoms with Crippen LogP contribution in [0.2, 0.25) is 5.02 Å². The van der Waals surface area contributed by atoms with Crippen LogP contribution in [0.1, 0.15) is 40.8 Å². The molecule has 0 spiro atoms. The Balaban J connectivity index is 1.67. The van der Waals surface area contributed by atoms with Crippen LogP contribution in [0, 0.1) is 13.8 Å². The normalized spacial score (nSPS) is 10.9. The van der Waals surface area contributed by atoms with Crippen LogP contribution in [0.15, 0.2) is 36.9 Å². The highest BCUT2D eigenvalue weighted by molar-refractivity contribution is 6.34. The molecular weight excluding hydrogens is 430 g/mol. The van der Waals surface area contributed by atoms with E-state index in [1.165, 1.54) is 23.0 Å². The van der Waals surface area contributed by atoms with Crippen LogP contribution in [0.5, 0.6) is 5.75 Å². The number of nitrogens with zero attached hydrogens (tertiary/aromatic N) is 4. The molecule has 3 aromatic rings. The van der Waals surface area contributed by atoms with Crippen molar-refractivity contribution in [1.82, 2.24) is 19.9 Å². The van der Waals surface area contributed by atoms with Crippen molar-refractivity contribution in [2.75, 3.05) is 31.3 Å². The topological polar surface area (TPSA) is 93.2 Å². The van der Waals surface area contributed by atoms with Gasteiger partial charge in [0, 0.05) is 19.0 Å². The molecule has 2 aromatic heterocycles. The summed E-state index contributed by atoms with van der Waals surface area (Å²) in [5.74, 6) is 0.933. The van der Waals surface area contributed by atoms with E-state index in [1.807, 2.05) is 19.1 Å². The Labute approximate surface area is 193 Å². The molecule has 0 fully saturated rings. The predicted molar refractivity (Wildman–Crippen MR) is 124 cm³/mol. The van der Waals surface area contributed by atoms with Crippen LogP contribution < -0.4 is 9.64 Å². The number of aryl methyl sites for hydroxylation is 2. The quantitative estimate of drug-likeness (QED) is 0.434. The molecule has 0 aliphatic heterocycles. The number of hydrogen-bond donors (Lipinski definition) is 1. The zero-order valence-corrected chi connectivity index (χ0v) is 19.4. The minimum atomic E-state index is -0.349. The van der Waals surface area contributed by atoms with Crippen LogP contribution >= 0.6 is 11.6 Å². The summed E-state index contributed by atoms with van der Waals surface area (Å²) in [5, 5.41) is 0.318. The van der Waals surface area contributed by atoms with E-state index in [2.05, 4.69) is 32.9 Å². The maximum Gasteiger partial charge on any atom is 0.295 e. The lowest BCUT2D eigenvalue weighted by Crippen LogP contribution is -2.36. The third-order valence-corrected chi connectivity index (χ3v) is 5.28. The minimum Gasteiger partial charge on any atom is -0.491 e. The van der Waals surface area contributed by atoms with Crippen LogP contribution in [0.25, 0.3) is 0 Å². The number of carbonyl (C=O) groups is 1. The lowest BCUT2D eigenvalue weighted by Gasteiger charge is -2.22. The van der Waals surface area contributed by atoms with E-state index < -0.39 is 0 Å². The van der Waals surface area contributed by atoms with E-state index in [-0.39, 0.29) is 24.9 Å². The van der Waals surface area contributed by atoms with Crippen molar-refractivity contribution >= 4 is 23.3 Å². The standard InChI is InChI=1S/C23H28ClN5O3/c1-4-11-31-12-7-18-5-6-19(16(2)14-18)32-13-10-29(23(30)21-25-8-9-26-21)22-20(24)17(3)27-15-28-22/h5-6,8-9,14-15H,4,7,10-13H2,1-3H3,(H,25,26). The first-order chi connectivity index (χ1) is 15.5. The summed E-state index contributed by atoms with van der Waals surface area (Å²) in [6.45, 7) is 7.84. The summed E-state index contributed by atoms with van der Waals surface area (Å²) < 4.78 is 11.5. The summed E-state index contributed by atoms with van der Waals surface area (Å²) >= 11 is 6.39. The van der Waals surface area contributed by atoms with E-state index in [1.54, 1.807) is 13.1 Å². The molecule has 1 aromatic carbocycles. The molecule has 0 saturated carbocycles. The Bertz CT molecular complexity index is 1030. The third-order valence-electron chi connectivity index (χ3n) is 4.84. The van der Waals surface area contributed by atoms with E-state index in [9.17, 15) is 4.79 Å². The number of carbonyl (C=O) groups excluding carboxylic acids is 1. The monoisotopic (exact) mass is 457 g/mol. The highest BCUT2D eigenvalue weighted by Crippen LogP contribution is 2.26. The van der Waals surface area contributed by atoms with Gasteiger partial charge >= 0.3 is 0 Å². The van der Waals surface area contributed by atoms with Gasteiger partial charge in [0.05, 0.1) is 18.8 Å². The number of imidazole rings is 1. The Morgan fingerprint density at radius 3 is 2.72 bits per heavy atom. The number of aromatic nitrogens is 4. The summed E-state index contributed by atoms with van der Waals surface area (Å²) in [5.41, 5.74) is 2.81. The Hall–Kier alpha value is -2.97. The van der Waals surface area contributed by atoms with E-state index in [4.69, 9.17) is 21.1 Å². The number of aromatic amines is 1. The van der Waals surface area contributed by atoms with Gasteiger partial charge in [-0.3, -0.25) is 9.69 Å². The zero-order valence-electron chi connectivity index (χ0n) is 18.6. The second-order valence-electron chi connectivity index (χ2n) is 7.30. The second-order valence-corrected chi connectivity index (χ2v) is 7.68. The fourth-order valence-corrected chi connectivity index (χ4v) is 3.36. The summed E-state index contributed by atoms with van der Waals surface area (Å²) in [7, 11) is 0. The number of nitrogens with one attached hydrogen (secondary N) is 1. The van der Waals surface area contributed by atoms with Gasteiger partial charge in [0.1, 0.15) is 23.7 Å². The third kappa shape index (κ3) is 6.05. The van der Waals surface area contributed by atoms with Crippen molar-refractivity contribution in [3.63, 3.8) is 0 Å². The minimum absolute atomic E-state index is 0.197. The molecule has 0 aliphatic carbocycles. The van der Waals surface area contributed by atoms with Crippen molar-refractivity contribution in [1.29, 1.82) is 0 Å². The van der Waals surface area contributed by atoms with Gasteiger partial charge in [-0.1, -0.05) is 30.7 Å². The molecule has 32 heavy (non-hydrogen) atoms. The van der Waals surface area contributed by atoms with Gasteiger partial charge in [0.2, 0.25) is 0 Å². The van der Waals surface area contributed by atoms with Gasteiger partial charge in [-0.15, -0.1) is 0 Å². The second kappa shape index (κ2) is 11.6. The molecule has 0 saturated heterocycles. The molecule has 0 radical (unpaired) electrons. The summed E-state index contributed by atoms with van der Waals surface area (Å²) in [4.78, 5) is 29.6. The van der Waals surface area contributed by atoms with Crippen LogP contribution in [-0.2, 0) is 11.2 Å². The van der Waals surface area contributed by atoms with Crippen molar-refractivity contribution < 1.29 is 14.3 Å². The molecule has 9 heteroatoms. The molecule has 0 bridgehead atoms. The van der Waals surface area contributed by atoms with Gasteiger partial charge in [-0.2, -0.15) is 0 Å². The average molecular weight is 458 g/mol. The number of halogens is 1. The van der Waals surface area contributed by atoms with E-state index in [0.717, 1.165) is 30.8 Å². The zero-order chi connectivity index (χ0) is 22.9. The highest BCUT2D eigenvalue weighted by atomic mass is 35.5. The maximum absolute atomic E-state index is 13.0. The number of benzene rings is 1. The Morgan fingerprint density at radius 1 is 1.16 bits per heavy atom. The lowest BCUT2D eigenvalue weighted by molar-refractivity contribution is 0.0972. The van der Waals surface area contributed by atoms with Gasteiger partial charge in [-0.05, 0) is 43.9 Å². The molecule has 170 valence electrons. The smallest absolute Gasteiger partial charge is 0.295 e. The predicted octanol–water partition coefficient (Wildman–Crippen LogP) is 4.16. The van der Waals surface area contributed by atoms with E-state index in [0.29, 0.717) is 23.1 Å². The number of hydrogen-bond acceptors (Lipinski definition) is 6. The van der Waals surface area contributed by atoms with Crippen molar-refractivity contribution in [2.24, 2.45) is 0 Å².